The zero-order valence-electron chi connectivity index (χ0n) is 17.4. The van der Waals surface area contributed by atoms with E-state index in [0.717, 1.165) is 0 Å². The highest BCUT2D eigenvalue weighted by Crippen LogP contribution is 2.48. The van der Waals surface area contributed by atoms with Crippen molar-refractivity contribution in [3.8, 4) is 0 Å². The molecule has 30 heavy (non-hydrogen) atoms. The number of rotatable bonds is 7. The monoisotopic (exact) mass is 422 g/mol. The maximum Gasteiger partial charge on any atom is 0.332 e. The summed E-state index contributed by atoms with van der Waals surface area (Å²) in [6.45, 7) is 4.28. The molecule has 2 saturated heterocycles. The quantitative estimate of drug-likeness (QED) is 0.479. The van der Waals surface area contributed by atoms with Crippen LogP contribution in [0.2, 0.25) is 0 Å². The Balaban J connectivity index is 1.82. The topological polar surface area (TPSA) is 143 Å². The number of aliphatic hydroxyl groups excluding tert-OH is 2. The molecule has 4 N–H and O–H groups in total. The lowest BCUT2D eigenvalue weighted by atomic mass is 9.88. The SMILES string of the molecule is CCCn1c(=O)c2[nH]c(C3(O)CC4OC(C3)C(CO)C4CO)nc2n(CCC)c1=O. The molecule has 10 heteroatoms. The maximum absolute atomic E-state index is 12.9. The number of nitrogens with zero attached hydrogens (tertiary/aromatic N) is 3. The maximum atomic E-state index is 12.9. The van der Waals surface area contributed by atoms with E-state index in [2.05, 4.69) is 9.97 Å². The summed E-state index contributed by atoms with van der Waals surface area (Å²) in [5.74, 6) is -0.307. The van der Waals surface area contributed by atoms with Crippen LogP contribution in [0.5, 0.6) is 0 Å². The van der Waals surface area contributed by atoms with Crippen LogP contribution in [-0.4, -0.2) is 59.8 Å². The van der Waals surface area contributed by atoms with Crippen LogP contribution in [0, 0.1) is 11.8 Å². The summed E-state index contributed by atoms with van der Waals surface area (Å²) >= 11 is 0. The largest absolute Gasteiger partial charge is 0.396 e. The molecule has 0 saturated carbocycles. The summed E-state index contributed by atoms with van der Waals surface area (Å²) in [6.07, 6.45) is 0.875. The first-order valence-corrected chi connectivity index (χ1v) is 10.7. The van der Waals surface area contributed by atoms with E-state index in [4.69, 9.17) is 4.74 Å². The second-order valence-corrected chi connectivity index (χ2v) is 8.52. The van der Waals surface area contributed by atoms with Gasteiger partial charge in [0.15, 0.2) is 5.65 Å². The summed E-state index contributed by atoms with van der Waals surface area (Å²) in [6, 6.07) is 0. The van der Waals surface area contributed by atoms with Crippen molar-refractivity contribution in [2.24, 2.45) is 11.8 Å². The van der Waals surface area contributed by atoms with Gasteiger partial charge in [-0.3, -0.25) is 13.9 Å². The molecule has 4 rings (SSSR count). The van der Waals surface area contributed by atoms with Crippen LogP contribution in [-0.2, 0) is 23.4 Å². The van der Waals surface area contributed by atoms with Crippen LogP contribution >= 0.6 is 0 Å². The van der Waals surface area contributed by atoms with Crippen molar-refractivity contribution in [1.29, 1.82) is 0 Å². The van der Waals surface area contributed by atoms with Gasteiger partial charge in [0.1, 0.15) is 16.9 Å². The van der Waals surface area contributed by atoms with E-state index in [1.165, 1.54) is 9.13 Å². The van der Waals surface area contributed by atoms with E-state index in [1.54, 1.807) is 0 Å². The molecule has 0 spiro atoms. The van der Waals surface area contributed by atoms with Crippen molar-refractivity contribution >= 4 is 11.2 Å². The van der Waals surface area contributed by atoms with Gasteiger partial charge in [-0.2, -0.15) is 0 Å². The van der Waals surface area contributed by atoms with Crippen molar-refractivity contribution in [3.63, 3.8) is 0 Å². The molecule has 2 aromatic heterocycles. The summed E-state index contributed by atoms with van der Waals surface area (Å²) in [4.78, 5) is 33.3. The van der Waals surface area contributed by atoms with Crippen LogP contribution in [0.1, 0.15) is 45.4 Å². The smallest absolute Gasteiger partial charge is 0.332 e. The molecule has 0 aromatic carbocycles. The minimum absolute atomic E-state index is 0.139. The van der Waals surface area contributed by atoms with Crippen LogP contribution < -0.4 is 11.2 Å². The van der Waals surface area contributed by atoms with E-state index in [0.29, 0.717) is 25.9 Å². The highest BCUT2D eigenvalue weighted by Gasteiger charge is 2.55. The molecule has 0 aliphatic carbocycles. The van der Waals surface area contributed by atoms with Crippen LogP contribution in [0.15, 0.2) is 9.59 Å². The van der Waals surface area contributed by atoms with Crippen LogP contribution in [0.4, 0.5) is 0 Å². The summed E-state index contributed by atoms with van der Waals surface area (Å²) < 4.78 is 8.60. The van der Waals surface area contributed by atoms with E-state index < -0.39 is 29.1 Å². The molecular weight excluding hydrogens is 392 g/mol. The first kappa shape index (κ1) is 21.2. The third kappa shape index (κ3) is 3.13. The summed E-state index contributed by atoms with van der Waals surface area (Å²) in [5, 5.41) is 30.9. The molecule has 4 unspecified atom stereocenters. The summed E-state index contributed by atoms with van der Waals surface area (Å²) in [5.41, 5.74) is -1.79. The average molecular weight is 422 g/mol. The van der Waals surface area contributed by atoms with E-state index in [1.807, 2.05) is 13.8 Å². The number of aromatic amines is 1. The van der Waals surface area contributed by atoms with Gasteiger partial charge in [0, 0.05) is 51.0 Å². The normalized spacial score (nSPS) is 31.0. The highest BCUT2D eigenvalue weighted by molar-refractivity contribution is 5.70. The second-order valence-electron chi connectivity index (χ2n) is 8.52. The van der Waals surface area contributed by atoms with Gasteiger partial charge in [0.05, 0.1) is 12.2 Å². The van der Waals surface area contributed by atoms with E-state index >= 15 is 0 Å². The molecule has 2 aliphatic heterocycles. The molecule has 2 aromatic rings. The fourth-order valence-electron chi connectivity index (χ4n) is 5.06. The number of imidazole rings is 1. The standard InChI is InChI=1S/C20H30N4O6/c1-3-5-23-16-15(17(27)24(6-4-2)19(23)28)21-18(22-16)20(29)7-13-11(9-25)12(10-26)14(8-20)30-13/h11-14,25-26,29H,3-10H2,1-2H3,(H,21,22). The molecular formula is C20H30N4O6. The third-order valence-corrected chi connectivity index (χ3v) is 6.55. The van der Waals surface area contributed by atoms with Crippen LogP contribution in [0.25, 0.3) is 11.2 Å². The molecule has 2 aliphatic rings. The Bertz CT molecular complexity index is 1020. The molecule has 4 atom stereocenters. The Morgan fingerprint density at radius 3 is 2.17 bits per heavy atom. The summed E-state index contributed by atoms with van der Waals surface area (Å²) in [7, 11) is 0. The lowest BCUT2D eigenvalue weighted by Gasteiger charge is -2.35. The van der Waals surface area contributed by atoms with Crippen molar-refractivity contribution < 1.29 is 20.1 Å². The Hall–Kier alpha value is -2.01. The molecule has 4 heterocycles. The minimum Gasteiger partial charge on any atom is -0.396 e. The van der Waals surface area contributed by atoms with Gasteiger partial charge in [-0.05, 0) is 12.8 Å². The van der Waals surface area contributed by atoms with Gasteiger partial charge >= 0.3 is 5.69 Å². The number of aliphatic hydroxyl groups is 3. The molecule has 2 fully saturated rings. The Labute approximate surface area is 173 Å². The zero-order valence-corrected chi connectivity index (χ0v) is 17.4. The number of hydrogen-bond donors (Lipinski definition) is 4. The third-order valence-electron chi connectivity index (χ3n) is 6.55. The van der Waals surface area contributed by atoms with Crippen molar-refractivity contribution in [3.05, 3.63) is 26.7 Å². The highest BCUT2D eigenvalue weighted by atomic mass is 16.5. The van der Waals surface area contributed by atoms with Gasteiger partial charge in [0.25, 0.3) is 5.56 Å². The fourth-order valence-corrected chi connectivity index (χ4v) is 5.06. The molecule has 0 amide bonds. The Morgan fingerprint density at radius 2 is 1.63 bits per heavy atom. The first-order chi connectivity index (χ1) is 14.4. The number of H-pyrrole nitrogens is 1. The lowest BCUT2D eigenvalue weighted by Crippen LogP contribution is -2.41. The fraction of sp³-hybridized carbons (Fsp3) is 0.750. The molecule has 10 nitrogen and oxygen atoms in total. The number of aromatic nitrogens is 4. The van der Waals surface area contributed by atoms with E-state index in [-0.39, 0.29) is 54.9 Å². The number of hydrogen-bond acceptors (Lipinski definition) is 7. The van der Waals surface area contributed by atoms with Gasteiger partial charge < -0.3 is 25.0 Å². The van der Waals surface area contributed by atoms with Gasteiger partial charge in [0.2, 0.25) is 0 Å². The molecule has 166 valence electrons. The van der Waals surface area contributed by atoms with Crippen molar-refractivity contribution in [2.75, 3.05) is 13.2 Å². The van der Waals surface area contributed by atoms with Crippen molar-refractivity contribution in [1.82, 2.24) is 19.1 Å². The van der Waals surface area contributed by atoms with Crippen LogP contribution in [0.3, 0.4) is 0 Å². The van der Waals surface area contributed by atoms with Gasteiger partial charge in [-0.25, -0.2) is 9.78 Å². The minimum atomic E-state index is -1.40. The van der Waals surface area contributed by atoms with Crippen molar-refractivity contribution in [2.45, 2.75) is 70.4 Å². The molecule has 0 radical (unpaired) electrons. The average Bonchev–Trinajstić information content (AvgIpc) is 3.28. The predicted octanol–water partition coefficient (Wildman–Crippen LogP) is -0.328. The second kappa shape index (κ2) is 7.92. The van der Waals surface area contributed by atoms with E-state index in [9.17, 15) is 24.9 Å². The van der Waals surface area contributed by atoms with Gasteiger partial charge in [-0.1, -0.05) is 13.8 Å². The Kier molecular flexibility index (Phi) is 5.60. The predicted molar refractivity (Wildman–Crippen MR) is 108 cm³/mol. The first-order valence-electron chi connectivity index (χ1n) is 10.7. The Morgan fingerprint density at radius 1 is 1.07 bits per heavy atom. The number of fused-ring (bicyclic) bond motifs is 3. The molecule has 2 bridgehead atoms. The van der Waals surface area contributed by atoms with Gasteiger partial charge in [-0.15, -0.1) is 0 Å². The zero-order chi connectivity index (χ0) is 21.6. The number of ether oxygens (including phenoxy) is 1. The number of aryl methyl sites for hydroxylation is 1. The lowest BCUT2D eigenvalue weighted by molar-refractivity contribution is -0.129. The number of nitrogens with one attached hydrogen (secondary N) is 1.